The number of benzene rings is 1. The van der Waals surface area contributed by atoms with Crippen LogP contribution in [0.25, 0.3) is 0 Å². The van der Waals surface area contributed by atoms with Gasteiger partial charge >= 0.3 is 6.03 Å². The number of amides is 2. The second-order valence-corrected chi connectivity index (χ2v) is 7.53. The van der Waals surface area contributed by atoms with E-state index >= 15 is 0 Å². The van der Waals surface area contributed by atoms with E-state index in [-0.39, 0.29) is 12.1 Å². The summed E-state index contributed by atoms with van der Waals surface area (Å²) in [5, 5.41) is 6.41. The number of nitrogens with zero attached hydrogens (tertiary/aromatic N) is 3. The minimum absolute atomic E-state index is 0.108. The van der Waals surface area contributed by atoms with Gasteiger partial charge in [0.2, 0.25) is 0 Å². The van der Waals surface area contributed by atoms with Crippen molar-refractivity contribution in [2.45, 2.75) is 25.4 Å². The van der Waals surface area contributed by atoms with E-state index < -0.39 is 5.54 Å². The van der Waals surface area contributed by atoms with Crippen LogP contribution < -0.4 is 16.4 Å². The highest BCUT2D eigenvalue weighted by Gasteiger charge is 2.43. The molecule has 1 atom stereocenters. The lowest BCUT2D eigenvalue weighted by atomic mass is 9.99. The van der Waals surface area contributed by atoms with Gasteiger partial charge in [-0.05, 0) is 33.5 Å². The quantitative estimate of drug-likeness (QED) is 0.522. The number of carbonyl (C=O) groups is 1. The molecule has 1 aliphatic heterocycles. The standard InChI is InChI=1S/C20H32N6O/c1-20(2)17(22-3)15(18(21)23-4)12-26(20)19(27)24-16(13-25(5)6)14-10-8-7-9-11-14/h7-11,16,22H,12-13H2,1-6H3,(H2,21,23)(H,24,27). The van der Waals surface area contributed by atoms with Crippen molar-refractivity contribution in [1.82, 2.24) is 20.4 Å². The Kier molecular flexibility index (Phi) is 6.49. The summed E-state index contributed by atoms with van der Waals surface area (Å²) in [5.41, 5.74) is 8.42. The van der Waals surface area contributed by atoms with E-state index in [1.165, 1.54) is 0 Å². The van der Waals surface area contributed by atoms with Crippen molar-refractivity contribution in [2.24, 2.45) is 10.7 Å². The van der Waals surface area contributed by atoms with Crippen LogP contribution in [0.15, 0.2) is 46.6 Å². The van der Waals surface area contributed by atoms with Gasteiger partial charge in [-0.25, -0.2) is 4.79 Å². The summed E-state index contributed by atoms with van der Waals surface area (Å²) in [6.07, 6.45) is 0. The fourth-order valence-electron chi connectivity index (χ4n) is 3.58. The Balaban J connectivity index is 2.26. The third-order valence-corrected chi connectivity index (χ3v) is 5.00. The zero-order valence-electron chi connectivity index (χ0n) is 17.2. The SMILES string of the molecule is CN=C(N)C1=C(NC)C(C)(C)N(C(=O)NC(CN(C)C)c2ccccc2)C1. The molecule has 0 fully saturated rings. The summed E-state index contributed by atoms with van der Waals surface area (Å²) in [7, 11) is 7.51. The third-order valence-electron chi connectivity index (χ3n) is 5.00. The van der Waals surface area contributed by atoms with E-state index in [1.54, 1.807) is 11.9 Å². The first-order valence-corrected chi connectivity index (χ1v) is 9.14. The molecule has 0 saturated carbocycles. The molecule has 2 rings (SSSR count). The molecule has 0 bridgehead atoms. The maximum Gasteiger partial charge on any atom is 0.318 e. The fourth-order valence-corrected chi connectivity index (χ4v) is 3.58. The van der Waals surface area contributed by atoms with E-state index in [0.29, 0.717) is 18.9 Å². The molecule has 1 aliphatic rings. The Morgan fingerprint density at radius 2 is 1.96 bits per heavy atom. The van der Waals surface area contributed by atoms with E-state index in [1.807, 2.05) is 65.3 Å². The van der Waals surface area contributed by atoms with E-state index in [9.17, 15) is 4.79 Å². The first-order chi connectivity index (χ1) is 12.7. The average molecular weight is 373 g/mol. The Hall–Kier alpha value is -2.54. The van der Waals surface area contributed by atoms with Crippen molar-refractivity contribution in [3.05, 3.63) is 47.2 Å². The lowest BCUT2D eigenvalue weighted by Crippen LogP contribution is -2.52. The van der Waals surface area contributed by atoms with Crippen LogP contribution in [0.1, 0.15) is 25.5 Å². The van der Waals surface area contributed by atoms with Crippen LogP contribution in [-0.4, -0.2) is 68.5 Å². The monoisotopic (exact) mass is 372 g/mol. The second kappa shape index (κ2) is 8.43. The average Bonchev–Trinajstić information content (AvgIpc) is 2.91. The van der Waals surface area contributed by atoms with E-state index in [4.69, 9.17) is 5.73 Å². The lowest BCUT2D eigenvalue weighted by Gasteiger charge is -2.35. The molecule has 7 heteroatoms. The highest BCUT2D eigenvalue weighted by atomic mass is 16.2. The molecular formula is C20H32N6O. The number of hydrogen-bond donors (Lipinski definition) is 3. The number of amidine groups is 1. The number of likely N-dealkylation sites (N-methyl/N-ethyl adjacent to an activating group) is 2. The molecule has 1 unspecified atom stereocenters. The highest BCUT2D eigenvalue weighted by Crippen LogP contribution is 2.33. The van der Waals surface area contributed by atoms with Gasteiger partial charge in [-0.3, -0.25) is 4.99 Å². The zero-order chi connectivity index (χ0) is 20.2. The Morgan fingerprint density at radius 1 is 1.33 bits per heavy atom. The van der Waals surface area contributed by atoms with Crippen molar-refractivity contribution in [2.75, 3.05) is 41.3 Å². The molecule has 0 radical (unpaired) electrons. The van der Waals surface area contributed by atoms with Gasteiger partial charge in [0.05, 0.1) is 18.1 Å². The minimum Gasteiger partial charge on any atom is -0.389 e. The van der Waals surface area contributed by atoms with Crippen molar-refractivity contribution in [3.63, 3.8) is 0 Å². The molecule has 0 aliphatic carbocycles. The third kappa shape index (κ3) is 4.42. The molecule has 0 saturated heterocycles. The van der Waals surface area contributed by atoms with Crippen LogP contribution in [0.4, 0.5) is 4.79 Å². The Morgan fingerprint density at radius 3 is 2.48 bits per heavy atom. The zero-order valence-corrected chi connectivity index (χ0v) is 17.2. The van der Waals surface area contributed by atoms with Gasteiger partial charge in [-0.1, -0.05) is 30.3 Å². The normalized spacial score (nSPS) is 18.0. The molecular weight excluding hydrogens is 340 g/mol. The maximum atomic E-state index is 13.2. The van der Waals surface area contributed by atoms with E-state index in [0.717, 1.165) is 16.8 Å². The molecule has 7 nitrogen and oxygen atoms in total. The van der Waals surface area contributed by atoms with Crippen molar-refractivity contribution < 1.29 is 4.79 Å². The van der Waals surface area contributed by atoms with Crippen LogP contribution >= 0.6 is 0 Å². The largest absolute Gasteiger partial charge is 0.389 e. The minimum atomic E-state index is -0.511. The number of carbonyl (C=O) groups excluding carboxylic acids is 1. The summed E-state index contributed by atoms with van der Waals surface area (Å²) in [6.45, 7) is 5.15. The second-order valence-electron chi connectivity index (χ2n) is 7.53. The fraction of sp³-hybridized carbons (Fsp3) is 0.500. The van der Waals surface area contributed by atoms with Gasteiger partial charge in [-0.2, -0.15) is 0 Å². The lowest BCUT2D eigenvalue weighted by molar-refractivity contribution is 0.163. The molecule has 4 N–H and O–H groups in total. The predicted molar refractivity (Wildman–Crippen MR) is 111 cm³/mol. The van der Waals surface area contributed by atoms with Crippen LogP contribution in [0, 0.1) is 0 Å². The van der Waals surface area contributed by atoms with Crippen LogP contribution in [0.2, 0.25) is 0 Å². The molecule has 1 aromatic rings. The molecule has 1 aromatic carbocycles. The Bertz CT molecular complexity index is 723. The van der Waals surface area contributed by atoms with Crippen LogP contribution in [0.5, 0.6) is 0 Å². The van der Waals surface area contributed by atoms with Gasteiger partial charge in [0.25, 0.3) is 0 Å². The smallest absolute Gasteiger partial charge is 0.318 e. The van der Waals surface area contributed by atoms with Crippen LogP contribution in [0.3, 0.4) is 0 Å². The summed E-state index contributed by atoms with van der Waals surface area (Å²) in [6, 6.07) is 9.79. The maximum absolute atomic E-state index is 13.2. The molecule has 1 heterocycles. The molecule has 0 aromatic heterocycles. The number of urea groups is 1. The number of hydrogen-bond acceptors (Lipinski definition) is 4. The number of aliphatic imine (C=N–C) groups is 1. The van der Waals surface area contributed by atoms with Crippen molar-refractivity contribution in [3.8, 4) is 0 Å². The molecule has 27 heavy (non-hydrogen) atoms. The number of rotatable bonds is 6. The van der Waals surface area contributed by atoms with Crippen molar-refractivity contribution in [1.29, 1.82) is 0 Å². The molecule has 148 valence electrons. The summed E-state index contributed by atoms with van der Waals surface area (Å²) < 4.78 is 0. The molecule has 0 spiro atoms. The van der Waals surface area contributed by atoms with Crippen LogP contribution in [-0.2, 0) is 0 Å². The first kappa shape index (κ1) is 20.8. The Labute approximate surface area is 162 Å². The predicted octanol–water partition coefficient (Wildman–Crippen LogP) is 1.55. The van der Waals surface area contributed by atoms with Gasteiger partial charge in [0.15, 0.2) is 0 Å². The topological polar surface area (TPSA) is 86.0 Å². The number of nitrogens with one attached hydrogen (secondary N) is 2. The van der Waals surface area contributed by atoms with Gasteiger partial charge in [-0.15, -0.1) is 0 Å². The van der Waals surface area contributed by atoms with Gasteiger partial charge in [0.1, 0.15) is 5.84 Å². The van der Waals surface area contributed by atoms with Crippen molar-refractivity contribution >= 4 is 11.9 Å². The summed E-state index contributed by atoms with van der Waals surface area (Å²) in [5.74, 6) is 0.454. The summed E-state index contributed by atoms with van der Waals surface area (Å²) in [4.78, 5) is 21.2. The van der Waals surface area contributed by atoms with E-state index in [2.05, 4.69) is 20.5 Å². The number of nitrogens with two attached hydrogens (primary N) is 1. The first-order valence-electron chi connectivity index (χ1n) is 9.14. The summed E-state index contributed by atoms with van der Waals surface area (Å²) >= 11 is 0. The molecule has 2 amide bonds. The highest BCUT2D eigenvalue weighted by molar-refractivity contribution is 6.00. The van der Waals surface area contributed by atoms with Gasteiger partial charge < -0.3 is 26.2 Å². The van der Waals surface area contributed by atoms with Gasteiger partial charge in [0, 0.05) is 31.9 Å².